The molecular weight excluding hydrogens is 308 g/mol. The lowest BCUT2D eigenvalue weighted by molar-refractivity contribution is 0.373. The Bertz CT molecular complexity index is 472. The van der Waals surface area contributed by atoms with Crippen LogP contribution in [0.1, 0.15) is 5.56 Å². The fourth-order valence-electron chi connectivity index (χ4n) is 1.04. The molecule has 0 fully saturated rings. The molecule has 4 nitrogen and oxygen atoms in total. The number of benzene rings is 1. The number of phenolic OH excluding ortho intramolecular Hbond substituents is 1. The summed E-state index contributed by atoms with van der Waals surface area (Å²) < 4.78 is 27.1. The van der Waals surface area contributed by atoms with Crippen LogP contribution in [0.3, 0.4) is 0 Å². The molecule has 0 saturated carbocycles. The van der Waals surface area contributed by atoms with E-state index in [-0.39, 0.29) is 17.3 Å². The van der Waals surface area contributed by atoms with Gasteiger partial charge in [0.25, 0.3) is 0 Å². The number of hydrogen-bond donors (Lipinski definition) is 1. The molecule has 0 saturated heterocycles. The second kappa shape index (κ2) is 4.59. The van der Waals surface area contributed by atoms with Crippen molar-refractivity contribution in [3.05, 3.63) is 22.2 Å². The van der Waals surface area contributed by atoms with Crippen molar-refractivity contribution in [2.24, 2.45) is 0 Å². The van der Waals surface area contributed by atoms with Gasteiger partial charge in [0.2, 0.25) is 9.05 Å². The zero-order valence-electron chi connectivity index (χ0n) is 7.70. The first-order valence-corrected chi connectivity index (χ1v) is 7.08. The van der Waals surface area contributed by atoms with E-state index >= 15 is 0 Å². The second-order valence-electron chi connectivity index (χ2n) is 2.80. The van der Waals surface area contributed by atoms with Crippen molar-refractivity contribution in [2.75, 3.05) is 7.11 Å². The van der Waals surface area contributed by atoms with E-state index in [2.05, 4.69) is 15.9 Å². The highest BCUT2D eigenvalue weighted by molar-refractivity contribution is 9.10. The summed E-state index contributed by atoms with van der Waals surface area (Å²) in [6, 6.07) is 2.77. The molecule has 0 heterocycles. The van der Waals surface area contributed by atoms with E-state index < -0.39 is 9.05 Å². The van der Waals surface area contributed by atoms with Crippen molar-refractivity contribution in [3.63, 3.8) is 0 Å². The van der Waals surface area contributed by atoms with E-state index in [9.17, 15) is 13.5 Å². The van der Waals surface area contributed by atoms with Crippen molar-refractivity contribution in [1.29, 1.82) is 0 Å². The molecule has 0 aliphatic heterocycles. The third-order valence-electron chi connectivity index (χ3n) is 1.68. The fourth-order valence-corrected chi connectivity index (χ4v) is 2.66. The SMILES string of the molecule is COc1cc(CS(=O)(=O)Cl)c(Br)cc1O. The minimum Gasteiger partial charge on any atom is -0.504 e. The molecule has 0 aliphatic rings. The zero-order valence-corrected chi connectivity index (χ0v) is 10.9. The maximum Gasteiger partial charge on any atom is 0.236 e. The maximum absolute atomic E-state index is 10.9. The Hall–Kier alpha value is -0.460. The van der Waals surface area contributed by atoms with Crippen LogP contribution in [-0.2, 0) is 14.8 Å². The van der Waals surface area contributed by atoms with Crippen molar-refractivity contribution in [2.45, 2.75) is 5.75 Å². The molecule has 0 aromatic heterocycles. The largest absolute Gasteiger partial charge is 0.504 e. The Kier molecular flexibility index (Phi) is 3.86. The van der Waals surface area contributed by atoms with Crippen LogP contribution in [0.15, 0.2) is 16.6 Å². The van der Waals surface area contributed by atoms with Gasteiger partial charge in [-0.25, -0.2) is 8.42 Å². The molecule has 0 atom stereocenters. The van der Waals surface area contributed by atoms with Crippen LogP contribution in [0.5, 0.6) is 11.5 Å². The van der Waals surface area contributed by atoms with Gasteiger partial charge < -0.3 is 9.84 Å². The first-order valence-electron chi connectivity index (χ1n) is 3.81. The van der Waals surface area contributed by atoms with Crippen LogP contribution in [-0.4, -0.2) is 20.6 Å². The molecule has 1 N–H and O–H groups in total. The molecule has 1 aromatic carbocycles. The predicted octanol–water partition coefficient (Wildman–Crippen LogP) is 2.23. The van der Waals surface area contributed by atoms with Gasteiger partial charge in [-0.2, -0.15) is 0 Å². The van der Waals surface area contributed by atoms with E-state index in [1.54, 1.807) is 0 Å². The minimum absolute atomic E-state index is 0.0694. The molecule has 0 amide bonds. The standard InChI is InChI=1S/C8H8BrClO4S/c1-14-8-2-5(4-15(10,12)13)6(9)3-7(8)11/h2-3,11H,4H2,1H3. The molecule has 0 radical (unpaired) electrons. The number of phenols is 1. The van der Waals surface area contributed by atoms with Crippen LogP contribution in [0.2, 0.25) is 0 Å². The third kappa shape index (κ3) is 3.55. The monoisotopic (exact) mass is 314 g/mol. The number of ether oxygens (including phenoxy) is 1. The first-order chi connectivity index (χ1) is 6.83. The van der Waals surface area contributed by atoms with E-state index in [0.29, 0.717) is 10.0 Å². The Balaban J connectivity index is 3.19. The van der Waals surface area contributed by atoms with Gasteiger partial charge in [-0.05, 0) is 17.7 Å². The van der Waals surface area contributed by atoms with Gasteiger partial charge in [0.1, 0.15) is 0 Å². The summed E-state index contributed by atoms with van der Waals surface area (Å²) in [7, 11) is 2.87. The lowest BCUT2D eigenvalue weighted by Gasteiger charge is -2.07. The summed E-state index contributed by atoms with van der Waals surface area (Å²) in [5.74, 6) is -0.195. The predicted molar refractivity (Wildman–Crippen MR) is 60.8 cm³/mol. The Morgan fingerprint density at radius 1 is 1.53 bits per heavy atom. The van der Waals surface area contributed by atoms with Crippen LogP contribution < -0.4 is 4.74 Å². The summed E-state index contributed by atoms with van der Waals surface area (Å²) >= 11 is 3.12. The van der Waals surface area contributed by atoms with Gasteiger partial charge in [0, 0.05) is 15.2 Å². The van der Waals surface area contributed by atoms with E-state index in [0.717, 1.165) is 0 Å². The normalized spacial score (nSPS) is 11.4. The highest BCUT2D eigenvalue weighted by atomic mass is 79.9. The summed E-state index contributed by atoms with van der Waals surface area (Å²) in [4.78, 5) is 0. The lowest BCUT2D eigenvalue weighted by atomic mass is 10.2. The quantitative estimate of drug-likeness (QED) is 0.869. The van der Waals surface area contributed by atoms with E-state index in [1.165, 1.54) is 19.2 Å². The van der Waals surface area contributed by atoms with Gasteiger partial charge in [-0.1, -0.05) is 15.9 Å². The van der Waals surface area contributed by atoms with Crippen LogP contribution in [0.25, 0.3) is 0 Å². The fraction of sp³-hybridized carbons (Fsp3) is 0.250. The second-order valence-corrected chi connectivity index (χ2v) is 6.43. The van der Waals surface area contributed by atoms with Gasteiger partial charge in [0.15, 0.2) is 11.5 Å². The zero-order chi connectivity index (χ0) is 11.6. The first kappa shape index (κ1) is 12.6. The highest BCUT2D eigenvalue weighted by Crippen LogP contribution is 2.33. The van der Waals surface area contributed by atoms with Crippen molar-refractivity contribution >= 4 is 35.7 Å². The molecule has 84 valence electrons. The number of halogens is 2. The van der Waals surface area contributed by atoms with Crippen molar-refractivity contribution in [1.82, 2.24) is 0 Å². The third-order valence-corrected chi connectivity index (χ3v) is 3.40. The molecule has 1 rings (SSSR count). The molecule has 15 heavy (non-hydrogen) atoms. The van der Waals surface area contributed by atoms with Crippen molar-refractivity contribution in [3.8, 4) is 11.5 Å². The number of aromatic hydroxyl groups is 1. The van der Waals surface area contributed by atoms with E-state index in [4.69, 9.17) is 15.4 Å². The molecule has 1 aromatic rings. The van der Waals surface area contributed by atoms with Crippen LogP contribution in [0.4, 0.5) is 0 Å². The maximum atomic E-state index is 10.9. The minimum atomic E-state index is -3.63. The Morgan fingerprint density at radius 2 is 2.13 bits per heavy atom. The van der Waals surface area contributed by atoms with Gasteiger partial charge >= 0.3 is 0 Å². The summed E-state index contributed by atoms with van der Waals surface area (Å²) in [6.45, 7) is 0. The van der Waals surface area contributed by atoms with Gasteiger partial charge in [-0.3, -0.25) is 0 Å². The highest BCUT2D eigenvalue weighted by Gasteiger charge is 2.13. The van der Waals surface area contributed by atoms with Crippen LogP contribution in [0, 0.1) is 0 Å². The average Bonchev–Trinajstić information content (AvgIpc) is 2.07. The van der Waals surface area contributed by atoms with Gasteiger partial charge in [0.05, 0.1) is 12.9 Å². The smallest absolute Gasteiger partial charge is 0.236 e. The number of hydrogen-bond acceptors (Lipinski definition) is 4. The van der Waals surface area contributed by atoms with Crippen molar-refractivity contribution < 1.29 is 18.3 Å². The number of rotatable bonds is 3. The molecule has 0 spiro atoms. The van der Waals surface area contributed by atoms with Crippen LogP contribution >= 0.6 is 26.6 Å². The summed E-state index contributed by atoms with van der Waals surface area (Å²) in [5, 5.41) is 9.38. The lowest BCUT2D eigenvalue weighted by Crippen LogP contribution is -1.97. The average molecular weight is 316 g/mol. The Morgan fingerprint density at radius 3 is 2.60 bits per heavy atom. The Labute approximate surface area is 100 Å². The molecule has 0 unspecified atom stereocenters. The summed E-state index contributed by atoms with van der Waals surface area (Å²) in [5.41, 5.74) is 0.430. The molecule has 7 heteroatoms. The van der Waals surface area contributed by atoms with Gasteiger partial charge in [-0.15, -0.1) is 0 Å². The molecule has 0 aliphatic carbocycles. The summed E-state index contributed by atoms with van der Waals surface area (Å²) in [6.07, 6.45) is 0. The number of methoxy groups -OCH3 is 1. The topological polar surface area (TPSA) is 63.6 Å². The molecule has 0 bridgehead atoms. The molecular formula is C8H8BrClO4S. The van der Waals surface area contributed by atoms with E-state index in [1.807, 2.05) is 0 Å².